The molecule has 1 saturated carbocycles. The molecule has 2 aromatic heterocycles. The van der Waals surface area contributed by atoms with Crippen LogP contribution in [0.25, 0.3) is 11.1 Å². The van der Waals surface area contributed by atoms with Crippen LogP contribution < -0.4 is 20.3 Å². The van der Waals surface area contributed by atoms with Gasteiger partial charge in [-0.25, -0.2) is 28.9 Å². The highest BCUT2D eigenvalue weighted by molar-refractivity contribution is 5.91. The number of carbonyl (C=O) groups is 2. The van der Waals surface area contributed by atoms with Gasteiger partial charge in [-0.3, -0.25) is 4.90 Å². The van der Waals surface area contributed by atoms with E-state index in [2.05, 4.69) is 25.6 Å². The first-order chi connectivity index (χ1) is 17.4. The van der Waals surface area contributed by atoms with Crippen LogP contribution in [0.3, 0.4) is 0 Å². The first kappa shape index (κ1) is 24.8. The molecule has 0 spiro atoms. The van der Waals surface area contributed by atoms with E-state index >= 15 is 0 Å². The van der Waals surface area contributed by atoms with Gasteiger partial charge in [-0.2, -0.15) is 0 Å². The van der Waals surface area contributed by atoms with Crippen molar-refractivity contribution in [1.82, 2.24) is 25.6 Å². The zero-order valence-electron chi connectivity index (χ0n) is 19.7. The fourth-order valence-electron chi connectivity index (χ4n) is 4.28. The average Bonchev–Trinajstić information content (AvgIpc) is 2.89. The van der Waals surface area contributed by atoms with Crippen LogP contribution in [0.4, 0.5) is 19.8 Å². The largest absolute Gasteiger partial charge is 0.467 e. The van der Waals surface area contributed by atoms with E-state index < -0.39 is 17.9 Å². The molecule has 11 heteroatoms. The third-order valence-electron chi connectivity index (χ3n) is 6.13. The molecule has 1 aliphatic rings. The molecule has 3 N–H and O–H groups in total. The lowest BCUT2D eigenvalue weighted by molar-refractivity contribution is 0.184. The van der Waals surface area contributed by atoms with Gasteiger partial charge in [0.15, 0.2) is 0 Å². The number of methoxy groups -OCH3 is 1. The molecule has 1 aromatic carbocycles. The van der Waals surface area contributed by atoms with Gasteiger partial charge in [0.05, 0.1) is 7.11 Å². The predicted octanol–water partition coefficient (Wildman–Crippen LogP) is 3.98. The molecule has 0 bridgehead atoms. The standard InChI is InChI=1S/C25H27FN6O4/c1-36-23-28-14-18(15-29-23)16-6-11-22(27-12-16)32(20-9-7-19(8-10-20)31-25(34)35)24(33)30-13-17-4-2-3-5-21(17)26/h2-6,11-12,14-15,19-20,31H,7-10,13H2,1H3,(H,30,33)(H,34,35)/t19-,20-. The molecule has 1 fully saturated rings. The van der Waals surface area contributed by atoms with Crippen LogP contribution in [0, 0.1) is 5.82 Å². The van der Waals surface area contributed by atoms with Crippen molar-refractivity contribution in [2.45, 2.75) is 44.3 Å². The molecule has 1 aliphatic carbocycles. The van der Waals surface area contributed by atoms with E-state index in [1.165, 1.54) is 13.2 Å². The Balaban J connectivity index is 1.53. The van der Waals surface area contributed by atoms with Crippen LogP contribution in [0.1, 0.15) is 31.2 Å². The minimum Gasteiger partial charge on any atom is -0.467 e. The maximum Gasteiger partial charge on any atom is 0.404 e. The number of anilines is 1. The van der Waals surface area contributed by atoms with Crippen LogP contribution in [-0.4, -0.2) is 51.4 Å². The summed E-state index contributed by atoms with van der Waals surface area (Å²) in [6, 6.07) is 9.33. The van der Waals surface area contributed by atoms with E-state index in [0.717, 1.165) is 11.1 Å². The summed E-state index contributed by atoms with van der Waals surface area (Å²) in [5.74, 6) is 0.0441. The molecule has 3 amide bonds. The highest BCUT2D eigenvalue weighted by Crippen LogP contribution is 2.28. The summed E-state index contributed by atoms with van der Waals surface area (Å²) in [5, 5.41) is 14.3. The quantitative estimate of drug-likeness (QED) is 0.453. The topological polar surface area (TPSA) is 130 Å². The molecule has 3 aromatic rings. The Morgan fingerprint density at radius 1 is 1.03 bits per heavy atom. The molecule has 0 unspecified atom stereocenters. The van der Waals surface area contributed by atoms with E-state index in [9.17, 15) is 14.0 Å². The Bertz CT molecular complexity index is 1180. The van der Waals surface area contributed by atoms with Gasteiger partial charge in [0.1, 0.15) is 11.6 Å². The lowest BCUT2D eigenvalue weighted by Crippen LogP contribution is -2.50. The monoisotopic (exact) mass is 494 g/mol. The van der Waals surface area contributed by atoms with Crippen molar-refractivity contribution in [2.75, 3.05) is 12.0 Å². The molecular formula is C25H27FN6O4. The second-order valence-corrected chi connectivity index (χ2v) is 8.44. The summed E-state index contributed by atoms with van der Waals surface area (Å²) >= 11 is 0. The van der Waals surface area contributed by atoms with E-state index in [4.69, 9.17) is 9.84 Å². The van der Waals surface area contributed by atoms with Gasteiger partial charge < -0.3 is 20.5 Å². The number of benzene rings is 1. The van der Waals surface area contributed by atoms with E-state index in [1.807, 2.05) is 6.07 Å². The third-order valence-corrected chi connectivity index (χ3v) is 6.13. The molecule has 36 heavy (non-hydrogen) atoms. The summed E-state index contributed by atoms with van der Waals surface area (Å²) < 4.78 is 19.1. The van der Waals surface area contributed by atoms with Gasteiger partial charge in [-0.15, -0.1) is 0 Å². The summed E-state index contributed by atoms with van der Waals surface area (Å²) in [6.07, 6.45) is 6.19. The number of carbonyl (C=O) groups excluding carboxylic acids is 1. The fourth-order valence-corrected chi connectivity index (χ4v) is 4.28. The Kier molecular flexibility index (Phi) is 7.89. The van der Waals surface area contributed by atoms with Crippen LogP contribution in [0.5, 0.6) is 6.01 Å². The number of urea groups is 1. The number of amides is 3. The molecule has 2 heterocycles. The summed E-state index contributed by atoms with van der Waals surface area (Å²) in [7, 11) is 1.49. The van der Waals surface area contributed by atoms with Crippen molar-refractivity contribution in [3.05, 3.63) is 66.4 Å². The summed E-state index contributed by atoms with van der Waals surface area (Å²) in [6.45, 7) is 0.0270. The normalized spacial score (nSPS) is 17.2. The van der Waals surface area contributed by atoms with Crippen LogP contribution in [-0.2, 0) is 6.54 Å². The first-order valence-electron chi connectivity index (χ1n) is 11.6. The number of hydrogen-bond acceptors (Lipinski definition) is 6. The smallest absolute Gasteiger partial charge is 0.404 e. The van der Waals surface area contributed by atoms with Gasteiger partial charge in [-0.05, 0) is 43.9 Å². The maximum atomic E-state index is 14.1. The molecule has 0 aliphatic heterocycles. The Labute approximate surface area is 207 Å². The van der Waals surface area contributed by atoms with Crippen LogP contribution in [0.2, 0.25) is 0 Å². The lowest BCUT2D eigenvalue weighted by atomic mass is 9.90. The van der Waals surface area contributed by atoms with Crippen molar-refractivity contribution in [2.24, 2.45) is 0 Å². The number of nitrogens with zero attached hydrogens (tertiary/aromatic N) is 4. The van der Waals surface area contributed by atoms with Crippen LogP contribution >= 0.6 is 0 Å². The third kappa shape index (κ3) is 6.04. The minimum absolute atomic E-state index is 0.0270. The number of aromatic nitrogens is 3. The fraction of sp³-hybridized carbons (Fsp3) is 0.320. The molecule has 0 atom stereocenters. The highest BCUT2D eigenvalue weighted by atomic mass is 19.1. The van der Waals surface area contributed by atoms with Crippen molar-refractivity contribution in [1.29, 1.82) is 0 Å². The zero-order valence-corrected chi connectivity index (χ0v) is 19.7. The zero-order chi connectivity index (χ0) is 25.5. The average molecular weight is 495 g/mol. The second kappa shape index (κ2) is 11.4. The van der Waals surface area contributed by atoms with Crippen molar-refractivity contribution in [3.8, 4) is 17.1 Å². The Morgan fingerprint density at radius 3 is 2.33 bits per heavy atom. The van der Waals surface area contributed by atoms with Crippen molar-refractivity contribution in [3.63, 3.8) is 0 Å². The van der Waals surface area contributed by atoms with E-state index in [-0.39, 0.29) is 24.6 Å². The summed E-state index contributed by atoms with van der Waals surface area (Å²) in [4.78, 5) is 38.6. The van der Waals surface area contributed by atoms with Crippen molar-refractivity contribution < 1.29 is 23.8 Å². The summed E-state index contributed by atoms with van der Waals surface area (Å²) in [5.41, 5.74) is 1.89. The molecule has 10 nitrogen and oxygen atoms in total. The lowest BCUT2D eigenvalue weighted by Gasteiger charge is -2.36. The second-order valence-electron chi connectivity index (χ2n) is 8.44. The van der Waals surface area contributed by atoms with Gasteiger partial charge in [0, 0.05) is 53.9 Å². The van der Waals surface area contributed by atoms with E-state index in [1.54, 1.807) is 47.8 Å². The maximum absolute atomic E-state index is 14.1. The number of rotatable bonds is 7. The van der Waals surface area contributed by atoms with Crippen molar-refractivity contribution >= 4 is 17.9 Å². The number of ether oxygens (including phenoxy) is 1. The molecular weight excluding hydrogens is 467 g/mol. The van der Waals surface area contributed by atoms with Crippen LogP contribution in [0.15, 0.2) is 55.0 Å². The SMILES string of the molecule is COc1ncc(-c2ccc(N(C(=O)NCc3ccccc3F)[C@H]3CC[C@H](NC(=O)O)CC3)nc2)cn1. The van der Waals surface area contributed by atoms with Gasteiger partial charge >= 0.3 is 18.1 Å². The molecule has 4 rings (SSSR count). The predicted molar refractivity (Wildman–Crippen MR) is 130 cm³/mol. The number of pyridine rings is 1. The molecule has 0 saturated heterocycles. The Hall–Kier alpha value is -4.28. The number of carboxylic acid groups (broad SMARTS) is 1. The number of nitrogens with one attached hydrogen (secondary N) is 2. The molecule has 0 radical (unpaired) electrons. The minimum atomic E-state index is -1.06. The Morgan fingerprint density at radius 2 is 1.72 bits per heavy atom. The number of hydrogen-bond donors (Lipinski definition) is 3. The molecule has 188 valence electrons. The first-order valence-corrected chi connectivity index (χ1v) is 11.6. The van der Waals surface area contributed by atoms with E-state index in [0.29, 0.717) is 37.1 Å². The van der Waals surface area contributed by atoms with Gasteiger partial charge in [0.25, 0.3) is 0 Å². The van der Waals surface area contributed by atoms with Gasteiger partial charge in [-0.1, -0.05) is 18.2 Å². The number of halogens is 1. The van der Waals surface area contributed by atoms with Gasteiger partial charge in [0.2, 0.25) is 0 Å². The highest BCUT2D eigenvalue weighted by Gasteiger charge is 2.31.